The molecule has 7 heteroatoms. The van der Waals surface area contributed by atoms with Gasteiger partial charge in [-0.2, -0.15) is 0 Å². The number of sulfone groups is 1. The van der Waals surface area contributed by atoms with Crippen LogP contribution >= 0.6 is 0 Å². The maximum absolute atomic E-state index is 12.5. The molecule has 0 unspecified atom stereocenters. The third kappa shape index (κ3) is 4.17. The molecule has 1 N–H and O–H groups in total. The van der Waals surface area contributed by atoms with Crippen molar-refractivity contribution < 1.29 is 17.9 Å². The van der Waals surface area contributed by atoms with Crippen LogP contribution < -0.4 is 5.32 Å². The molecular weight excluding hydrogens is 316 g/mol. The van der Waals surface area contributed by atoms with E-state index in [9.17, 15) is 13.2 Å². The summed E-state index contributed by atoms with van der Waals surface area (Å²) in [6.07, 6.45) is 1.27. The number of anilines is 1. The van der Waals surface area contributed by atoms with E-state index in [1.165, 1.54) is 44.7 Å². The van der Waals surface area contributed by atoms with Crippen molar-refractivity contribution in [2.75, 3.05) is 12.4 Å². The minimum atomic E-state index is -3.62. The molecule has 0 bridgehead atoms. The van der Waals surface area contributed by atoms with Crippen molar-refractivity contribution in [3.05, 3.63) is 48.5 Å². The molecule has 0 aliphatic heterocycles. The molecule has 0 radical (unpaired) electrons. The van der Waals surface area contributed by atoms with Gasteiger partial charge >= 0.3 is 0 Å². The van der Waals surface area contributed by atoms with E-state index in [2.05, 4.69) is 10.3 Å². The van der Waals surface area contributed by atoms with E-state index < -0.39 is 9.84 Å². The van der Waals surface area contributed by atoms with Crippen molar-refractivity contribution in [3.8, 4) is 0 Å². The van der Waals surface area contributed by atoms with Gasteiger partial charge in [-0.25, -0.2) is 13.4 Å². The summed E-state index contributed by atoms with van der Waals surface area (Å²) in [5.74, 6) is -0.215. The van der Waals surface area contributed by atoms with Crippen LogP contribution in [0.1, 0.15) is 6.92 Å². The lowest BCUT2D eigenvalue weighted by Gasteiger charge is -2.07. The highest BCUT2D eigenvalue weighted by Gasteiger charge is 2.17. The molecule has 0 heterocycles. The Kier molecular flexibility index (Phi) is 5.13. The predicted octanol–water partition coefficient (Wildman–Crippen LogP) is 2.78. The van der Waals surface area contributed by atoms with Crippen LogP contribution in [0.2, 0.25) is 0 Å². The largest absolute Gasteiger partial charge is 0.486 e. The Hall–Kier alpha value is -2.67. The first kappa shape index (κ1) is 16.7. The topological polar surface area (TPSA) is 84.8 Å². The number of hydrogen-bond acceptors (Lipinski definition) is 5. The molecule has 2 aromatic carbocycles. The van der Waals surface area contributed by atoms with Gasteiger partial charge in [-0.3, -0.25) is 4.79 Å². The molecule has 1 amide bonds. The van der Waals surface area contributed by atoms with E-state index in [1.54, 1.807) is 24.3 Å². The van der Waals surface area contributed by atoms with E-state index in [1.807, 2.05) is 0 Å². The standard InChI is InChI=1S/C16H16N2O4S/c1-12(19)18-14-5-9-16(10-6-14)23(20,21)15-7-3-13(4-8-15)17-11-22-2/h3-11H,1-2H3,(H,18,19). The van der Waals surface area contributed by atoms with Crippen LogP contribution in [0.15, 0.2) is 63.3 Å². The predicted molar refractivity (Wildman–Crippen MR) is 87.8 cm³/mol. The van der Waals surface area contributed by atoms with Crippen molar-refractivity contribution in [2.45, 2.75) is 16.7 Å². The van der Waals surface area contributed by atoms with Gasteiger partial charge in [0.25, 0.3) is 0 Å². The van der Waals surface area contributed by atoms with E-state index in [0.29, 0.717) is 11.4 Å². The van der Waals surface area contributed by atoms with Crippen molar-refractivity contribution in [3.63, 3.8) is 0 Å². The molecule has 0 saturated heterocycles. The van der Waals surface area contributed by atoms with Crippen molar-refractivity contribution in [1.82, 2.24) is 0 Å². The number of nitrogens with zero attached hydrogens (tertiary/aromatic N) is 1. The first-order chi connectivity index (χ1) is 10.9. The quantitative estimate of drug-likeness (QED) is 0.674. The molecule has 6 nitrogen and oxygen atoms in total. The lowest BCUT2D eigenvalue weighted by molar-refractivity contribution is -0.114. The summed E-state index contributed by atoms with van der Waals surface area (Å²) >= 11 is 0. The normalized spacial score (nSPS) is 11.4. The van der Waals surface area contributed by atoms with Gasteiger partial charge in [-0.1, -0.05) is 0 Å². The average Bonchev–Trinajstić information content (AvgIpc) is 2.53. The zero-order valence-corrected chi connectivity index (χ0v) is 13.5. The number of ether oxygens (including phenoxy) is 1. The van der Waals surface area contributed by atoms with Crippen molar-refractivity contribution in [1.29, 1.82) is 0 Å². The van der Waals surface area contributed by atoms with Gasteiger partial charge in [0.2, 0.25) is 15.7 Å². The fourth-order valence-corrected chi connectivity index (χ4v) is 3.14. The number of aliphatic imine (C=N–C) groups is 1. The monoisotopic (exact) mass is 332 g/mol. The highest BCUT2D eigenvalue weighted by molar-refractivity contribution is 7.91. The molecular formula is C16H16N2O4S. The van der Waals surface area contributed by atoms with Gasteiger partial charge in [0, 0.05) is 12.6 Å². The van der Waals surface area contributed by atoms with Crippen LogP contribution in [0.4, 0.5) is 11.4 Å². The summed E-state index contributed by atoms with van der Waals surface area (Å²) in [5.41, 5.74) is 1.13. The van der Waals surface area contributed by atoms with E-state index in [-0.39, 0.29) is 15.7 Å². The minimum Gasteiger partial charge on any atom is -0.486 e. The fourth-order valence-electron chi connectivity index (χ4n) is 1.88. The third-order valence-electron chi connectivity index (χ3n) is 2.94. The summed E-state index contributed by atoms with van der Waals surface area (Å²) in [7, 11) is -2.14. The lowest BCUT2D eigenvalue weighted by atomic mass is 10.3. The Morgan fingerprint density at radius 3 is 2.04 bits per heavy atom. The summed E-state index contributed by atoms with van der Waals surface area (Å²) in [4.78, 5) is 15.3. The second-order valence-electron chi connectivity index (χ2n) is 4.67. The highest BCUT2D eigenvalue weighted by atomic mass is 32.2. The molecule has 0 saturated carbocycles. The second kappa shape index (κ2) is 7.06. The van der Waals surface area contributed by atoms with Crippen LogP contribution in [-0.2, 0) is 19.4 Å². The Labute approximate surface area is 134 Å². The fraction of sp³-hybridized carbons (Fsp3) is 0.125. The van der Waals surface area contributed by atoms with Gasteiger partial charge in [0.05, 0.1) is 22.6 Å². The van der Waals surface area contributed by atoms with Gasteiger partial charge in [-0.05, 0) is 48.5 Å². The van der Waals surface area contributed by atoms with Gasteiger partial charge in [0.15, 0.2) is 6.40 Å². The third-order valence-corrected chi connectivity index (χ3v) is 4.72. The number of carbonyl (C=O) groups excluding carboxylic acids is 1. The zero-order valence-electron chi connectivity index (χ0n) is 12.7. The molecule has 120 valence electrons. The molecule has 2 rings (SSSR count). The number of benzene rings is 2. The first-order valence-electron chi connectivity index (χ1n) is 6.71. The Morgan fingerprint density at radius 2 is 1.57 bits per heavy atom. The SMILES string of the molecule is COC=Nc1ccc(S(=O)(=O)c2ccc(NC(C)=O)cc2)cc1. The number of rotatable bonds is 5. The first-order valence-corrected chi connectivity index (χ1v) is 8.20. The molecule has 0 aliphatic rings. The summed E-state index contributed by atoms with van der Waals surface area (Å²) in [6, 6.07) is 12.2. The molecule has 0 aliphatic carbocycles. The van der Waals surface area contributed by atoms with Crippen LogP contribution in [0, 0.1) is 0 Å². The molecule has 0 atom stereocenters. The van der Waals surface area contributed by atoms with Crippen LogP contribution in [-0.4, -0.2) is 27.8 Å². The molecule has 0 spiro atoms. The smallest absolute Gasteiger partial charge is 0.221 e. The number of amides is 1. The Balaban J connectivity index is 2.27. The Morgan fingerprint density at radius 1 is 1.04 bits per heavy atom. The average molecular weight is 332 g/mol. The summed E-state index contributed by atoms with van der Waals surface area (Å²) in [5, 5.41) is 2.59. The summed E-state index contributed by atoms with van der Waals surface area (Å²) in [6.45, 7) is 1.39. The Bertz CT molecular complexity index is 810. The van der Waals surface area contributed by atoms with E-state index in [4.69, 9.17) is 4.74 Å². The maximum Gasteiger partial charge on any atom is 0.221 e. The number of nitrogens with one attached hydrogen (secondary N) is 1. The summed E-state index contributed by atoms with van der Waals surface area (Å²) < 4.78 is 29.8. The molecule has 2 aromatic rings. The second-order valence-corrected chi connectivity index (χ2v) is 6.62. The number of carbonyl (C=O) groups is 1. The van der Waals surface area contributed by atoms with Crippen LogP contribution in [0.3, 0.4) is 0 Å². The molecule has 0 aromatic heterocycles. The number of methoxy groups -OCH3 is 1. The van der Waals surface area contributed by atoms with E-state index in [0.717, 1.165) is 0 Å². The van der Waals surface area contributed by atoms with Crippen molar-refractivity contribution in [2.24, 2.45) is 4.99 Å². The van der Waals surface area contributed by atoms with Crippen LogP contribution in [0.5, 0.6) is 0 Å². The zero-order chi connectivity index (χ0) is 16.9. The minimum absolute atomic E-state index is 0.153. The van der Waals surface area contributed by atoms with E-state index >= 15 is 0 Å². The number of hydrogen-bond donors (Lipinski definition) is 1. The molecule has 23 heavy (non-hydrogen) atoms. The lowest BCUT2D eigenvalue weighted by Crippen LogP contribution is -2.06. The van der Waals surface area contributed by atoms with Gasteiger partial charge in [-0.15, -0.1) is 0 Å². The molecule has 0 fully saturated rings. The van der Waals surface area contributed by atoms with Gasteiger partial charge in [0.1, 0.15) is 0 Å². The highest BCUT2D eigenvalue weighted by Crippen LogP contribution is 2.24. The maximum atomic E-state index is 12.5. The van der Waals surface area contributed by atoms with Crippen LogP contribution in [0.25, 0.3) is 0 Å². The van der Waals surface area contributed by atoms with Crippen molar-refractivity contribution >= 4 is 33.5 Å². The van der Waals surface area contributed by atoms with Gasteiger partial charge < -0.3 is 10.1 Å².